The van der Waals surface area contributed by atoms with E-state index in [9.17, 15) is 0 Å². The van der Waals surface area contributed by atoms with Crippen molar-refractivity contribution >= 4 is 64.2 Å². The minimum Gasteiger partial charge on any atom is -0.436 e. The summed E-state index contributed by atoms with van der Waals surface area (Å²) in [6.45, 7) is 0. The van der Waals surface area contributed by atoms with Crippen molar-refractivity contribution in [3.05, 3.63) is 170 Å². The molecule has 0 saturated carbocycles. The Labute approximate surface area is 313 Å². The number of fused-ring (bicyclic) bond motifs is 6. The highest BCUT2D eigenvalue weighted by Gasteiger charge is 2.21. The molecule has 3 aromatic heterocycles. The Morgan fingerprint density at radius 2 is 1.02 bits per heavy atom. The van der Waals surface area contributed by atoms with Crippen molar-refractivity contribution in [1.82, 2.24) is 19.9 Å². The van der Waals surface area contributed by atoms with Gasteiger partial charge >= 0.3 is 0 Å². The molecule has 0 amide bonds. The Bertz CT molecular complexity index is 3220. The lowest BCUT2D eigenvalue weighted by Crippen LogP contribution is -2.01. The predicted molar refractivity (Wildman–Crippen MR) is 222 cm³/mol. The van der Waals surface area contributed by atoms with E-state index in [1.807, 2.05) is 36.4 Å². The van der Waals surface area contributed by atoms with Gasteiger partial charge in [-0.1, -0.05) is 121 Å². The predicted octanol–water partition coefficient (Wildman–Crippen LogP) is 13.0. The first kappa shape index (κ1) is 30.6. The Morgan fingerprint density at radius 3 is 1.78 bits per heavy atom. The fraction of sp³-hybridized carbons (Fsp3) is 0. The average Bonchev–Trinajstić information content (AvgIpc) is 3.83. The summed E-state index contributed by atoms with van der Waals surface area (Å²) < 4.78 is 8.53. The van der Waals surface area contributed by atoms with Gasteiger partial charge in [0.15, 0.2) is 23.1 Å². The van der Waals surface area contributed by atoms with Gasteiger partial charge in [0.25, 0.3) is 0 Å². The van der Waals surface area contributed by atoms with Gasteiger partial charge in [0.1, 0.15) is 5.52 Å². The molecule has 0 aliphatic rings. The van der Waals surface area contributed by atoms with E-state index in [0.717, 1.165) is 80.8 Å². The second kappa shape index (κ2) is 12.3. The maximum Gasteiger partial charge on any atom is 0.227 e. The van der Waals surface area contributed by atoms with Crippen LogP contribution in [0.15, 0.2) is 174 Å². The van der Waals surface area contributed by atoms with Crippen LogP contribution in [0.25, 0.3) is 110 Å². The molecule has 0 aliphatic heterocycles. The summed E-state index contributed by atoms with van der Waals surface area (Å²) in [7, 11) is 0. The molecule has 0 spiro atoms. The summed E-state index contributed by atoms with van der Waals surface area (Å²) in [6, 6.07) is 58.9. The Morgan fingerprint density at radius 1 is 0.389 bits per heavy atom. The van der Waals surface area contributed by atoms with Gasteiger partial charge in [-0.3, -0.25) is 0 Å². The maximum absolute atomic E-state index is 6.27. The van der Waals surface area contributed by atoms with E-state index < -0.39 is 0 Å². The Hall–Kier alpha value is -7.02. The highest BCUT2D eigenvalue weighted by Crippen LogP contribution is 2.43. The number of aromatic nitrogens is 4. The van der Waals surface area contributed by atoms with E-state index in [1.54, 1.807) is 11.3 Å². The zero-order chi connectivity index (χ0) is 35.6. The van der Waals surface area contributed by atoms with E-state index >= 15 is 0 Å². The molecule has 0 atom stereocenters. The molecule has 0 bridgehead atoms. The van der Waals surface area contributed by atoms with Crippen LogP contribution in [0.1, 0.15) is 0 Å². The molecule has 0 aliphatic carbocycles. The first-order valence-corrected chi connectivity index (χ1v) is 18.7. The third-order valence-electron chi connectivity index (χ3n) is 10.1. The second-order valence-electron chi connectivity index (χ2n) is 13.5. The highest BCUT2D eigenvalue weighted by atomic mass is 32.1. The van der Waals surface area contributed by atoms with Crippen molar-refractivity contribution in [2.45, 2.75) is 0 Å². The Kier molecular flexibility index (Phi) is 6.97. The summed E-state index contributed by atoms with van der Waals surface area (Å²) in [5, 5.41) is 6.77. The first-order chi connectivity index (χ1) is 26.7. The SMILES string of the molecule is c1ccc(-c2nc3cc4c(cc3o2)sc2cccc(-c3nc(-c5ccc6ccccc6c5)nc(-c5cc6ccccc6cc5-c5ccccc5)n3)c24)cc1. The van der Waals surface area contributed by atoms with Gasteiger partial charge < -0.3 is 4.42 Å². The van der Waals surface area contributed by atoms with Gasteiger partial charge in [0.2, 0.25) is 5.89 Å². The molecule has 8 aromatic carbocycles. The summed E-state index contributed by atoms with van der Waals surface area (Å²) in [5.41, 5.74) is 7.52. The number of thiophene rings is 1. The van der Waals surface area contributed by atoms with Crippen LogP contribution in [0.2, 0.25) is 0 Å². The van der Waals surface area contributed by atoms with Crippen LogP contribution in [-0.4, -0.2) is 19.9 Å². The Balaban J connectivity index is 1.17. The third kappa shape index (κ3) is 5.15. The first-order valence-electron chi connectivity index (χ1n) is 17.9. The van der Waals surface area contributed by atoms with Gasteiger partial charge in [0.05, 0.1) is 0 Å². The second-order valence-corrected chi connectivity index (χ2v) is 14.5. The molecule has 3 heterocycles. The topological polar surface area (TPSA) is 64.7 Å². The van der Waals surface area contributed by atoms with E-state index in [4.69, 9.17) is 24.4 Å². The van der Waals surface area contributed by atoms with Crippen molar-refractivity contribution in [2.75, 3.05) is 0 Å². The molecule has 0 unspecified atom stereocenters. The van der Waals surface area contributed by atoms with Crippen molar-refractivity contribution in [3.8, 4) is 56.7 Å². The molecule has 252 valence electrons. The smallest absolute Gasteiger partial charge is 0.227 e. The van der Waals surface area contributed by atoms with Crippen LogP contribution < -0.4 is 0 Å². The molecule has 5 nitrogen and oxygen atoms in total. The van der Waals surface area contributed by atoms with Gasteiger partial charge in [-0.05, 0) is 75.1 Å². The van der Waals surface area contributed by atoms with Crippen molar-refractivity contribution in [2.24, 2.45) is 0 Å². The fourth-order valence-electron chi connectivity index (χ4n) is 7.49. The van der Waals surface area contributed by atoms with Gasteiger partial charge in [-0.25, -0.2) is 19.9 Å². The standard InChI is InChI=1S/C48H28N4OS/c1-3-13-30(14-4-1)37-25-33-18-9-10-19-34(33)26-38(37)47-51-45(35-23-22-29-12-7-8-17-32(29)24-35)50-46(52-47)36-20-11-21-42-44(36)39-27-40-41(28-43(39)54-42)53-48(49-40)31-15-5-2-6-16-31/h1-28H. The monoisotopic (exact) mass is 708 g/mol. The highest BCUT2D eigenvalue weighted by molar-refractivity contribution is 7.26. The van der Waals surface area contributed by atoms with E-state index in [1.165, 1.54) is 5.39 Å². The summed E-state index contributed by atoms with van der Waals surface area (Å²) >= 11 is 1.74. The van der Waals surface area contributed by atoms with E-state index in [0.29, 0.717) is 23.4 Å². The van der Waals surface area contributed by atoms with Gasteiger partial charge in [0, 0.05) is 48.5 Å². The quantitative estimate of drug-likeness (QED) is 0.178. The van der Waals surface area contributed by atoms with Crippen molar-refractivity contribution < 1.29 is 4.42 Å². The summed E-state index contributed by atoms with van der Waals surface area (Å²) in [6.07, 6.45) is 0. The number of benzene rings is 8. The number of nitrogens with zero attached hydrogens (tertiary/aromatic N) is 4. The van der Waals surface area contributed by atoms with E-state index in [-0.39, 0.29) is 0 Å². The lowest BCUT2D eigenvalue weighted by atomic mass is 9.95. The number of oxazole rings is 1. The zero-order valence-electron chi connectivity index (χ0n) is 28.8. The largest absolute Gasteiger partial charge is 0.436 e. The number of hydrogen-bond acceptors (Lipinski definition) is 6. The van der Waals surface area contributed by atoms with Crippen LogP contribution in [0.4, 0.5) is 0 Å². The van der Waals surface area contributed by atoms with Crippen LogP contribution in [-0.2, 0) is 0 Å². The molecule has 54 heavy (non-hydrogen) atoms. The van der Waals surface area contributed by atoms with Crippen molar-refractivity contribution in [3.63, 3.8) is 0 Å². The molecule has 0 fully saturated rings. The van der Waals surface area contributed by atoms with E-state index in [2.05, 4.69) is 133 Å². The molecule has 0 N–H and O–H groups in total. The molecular weight excluding hydrogens is 681 g/mol. The van der Waals surface area contributed by atoms with Crippen molar-refractivity contribution in [1.29, 1.82) is 0 Å². The molecule has 11 aromatic rings. The molecule has 0 radical (unpaired) electrons. The zero-order valence-corrected chi connectivity index (χ0v) is 29.6. The minimum absolute atomic E-state index is 0.611. The molecule has 0 saturated heterocycles. The normalized spacial score (nSPS) is 11.7. The minimum atomic E-state index is 0.611. The average molecular weight is 709 g/mol. The lowest BCUT2D eigenvalue weighted by molar-refractivity contribution is 0.620. The molecule has 11 rings (SSSR count). The third-order valence-corrected chi connectivity index (χ3v) is 11.2. The summed E-state index contributed by atoms with van der Waals surface area (Å²) in [4.78, 5) is 20.8. The number of hydrogen-bond donors (Lipinski definition) is 0. The number of rotatable bonds is 5. The van der Waals surface area contributed by atoms with Crippen LogP contribution in [0.5, 0.6) is 0 Å². The van der Waals surface area contributed by atoms with Crippen LogP contribution in [0.3, 0.4) is 0 Å². The maximum atomic E-state index is 6.27. The molecular formula is C48H28N4OS. The van der Waals surface area contributed by atoms with Crippen LogP contribution >= 0.6 is 11.3 Å². The van der Waals surface area contributed by atoms with Gasteiger partial charge in [-0.15, -0.1) is 11.3 Å². The summed E-state index contributed by atoms with van der Waals surface area (Å²) in [5.74, 6) is 2.47. The lowest BCUT2D eigenvalue weighted by Gasteiger charge is -2.14. The van der Waals surface area contributed by atoms with Crippen LogP contribution in [0, 0.1) is 0 Å². The fourth-order valence-corrected chi connectivity index (χ4v) is 8.64. The molecule has 6 heteroatoms. The van der Waals surface area contributed by atoms with Gasteiger partial charge in [-0.2, -0.15) is 0 Å².